The Morgan fingerprint density at radius 2 is 1.39 bits per heavy atom. The first-order valence-corrected chi connectivity index (χ1v) is 9.55. The zero-order valence-electron chi connectivity index (χ0n) is 17.6. The molecule has 0 aliphatic heterocycles. The number of aliphatic hydroxyl groups is 1. The molecule has 0 fully saturated rings. The molecule has 9 nitrogen and oxygen atoms in total. The lowest BCUT2D eigenvalue weighted by molar-refractivity contribution is -0.140. The van der Waals surface area contributed by atoms with E-state index in [0.717, 1.165) is 6.08 Å². The second kappa shape index (κ2) is 12.4. The molecule has 0 spiro atoms. The summed E-state index contributed by atoms with van der Waals surface area (Å²) in [5, 5.41) is 27.3. The number of ketones is 1. The number of hydrogen-bond donors (Lipinski definition) is 3. The van der Waals surface area contributed by atoms with Gasteiger partial charge in [-0.3, -0.25) is 4.79 Å². The highest BCUT2D eigenvalue weighted by Gasteiger charge is 2.07. The van der Waals surface area contributed by atoms with Crippen LogP contribution in [0.25, 0.3) is 12.2 Å². The Morgan fingerprint density at radius 3 is 2.03 bits per heavy atom. The molecule has 0 saturated carbocycles. The van der Waals surface area contributed by atoms with Crippen molar-refractivity contribution in [2.75, 3.05) is 20.3 Å². The summed E-state index contributed by atoms with van der Waals surface area (Å²) >= 11 is 0. The average molecular weight is 454 g/mol. The highest BCUT2D eigenvalue weighted by molar-refractivity contribution is 6.02. The van der Waals surface area contributed by atoms with Crippen LogP contribution in [0.2, 0.25) is 0 Å². The lowest BCUT2D eigenvalue weighted by Gasteiger charge is -2.09. The molecule has 2 aromatic carbocycles. The van der Waals surface area contributed by atoms with Gasteiger partial charge in [-0.05, 0) is 47.5 Å². The SMILES string of the molecule is COc1cc(/C=C/C(O)=CC(=O)/C=C/c2ccc(OCC(=O)O)cc2)ccc1OCC(=O)O. The van der Waals surface area contributed by atoms with E-state index in [1.807, 2.05) is 0 Å². The van der Waals surface area contributed by atoms with Gasteiger partial charge in [-0.15, -0.1) is 0 Å². The maximum atomic E-state index is 12.0. The van der Waals surface area contributed by atoms with Gasteiger partial charge >= 0.3 is 11.9 Å². The molecule has 0 aliphatic rings. The maximum Gasteiger partial charge on any atom is 0.341 e. The molecule has 2 aromatic rings. The van der Waals surface area contributed by atoms with Crippen molar-refractivity contribution in [2.24, 2.45) is 0 Å². The first-order chi connectivity index (χ1) is 15.8. The van der Waals surface area contributed by atoms with Gasteiger partial charge in [0, 0.05) is 6.08 Å². The summed E-state index contributed by atoms with van der Waals surface area (Å²) in [6.07, 6.45) is 6.72. The number of carboxylic acids is 2. The van der Waals surface area contributed by atoms with Gasteiger partial charge in [-0.25, -0.2) is 9.59 Å². The molecule has 3 N–H and O–H groups in total. The molecule has 9 heteroatoms. The third kappa shape index (κ3) is 9.01. The number of hydrogen-bond acceptors (Lipinski definition) is 7. The van der Waals surface area contributed by atoms with Crippen LogP contribution < -0.4 is 14.2 Å². The molecular weight excluding hydrogens is 432 g/mol. The van der Waals surface area contributed by atoms with E-state index in [4.69, 9.17) is 24.4 Å². The van der Waals surface area contributed by atoms with Crippen molar-refractivity contribution in [3.05, 3.63) is 77.6 Å². The van der Waals surface area contributed by atoms with Crippen LogP contribution in [0.4, 0.5) is 0 Å². The van der Waals surface area contributed by atoms with Gasteiger partial charge in [0.15, 0.2) is 30.5 Å². The molecule has 0 atom stereocenters. The molecule has 0 heterocycles. The van der Waals surface area contributed by atoms with E-state index in [2.05, 4.69) is 0 Å². The quantitative estimate of drug-likeness (QED) is 0.250. The molecule has 0 radical (unpaired) electrons. The molecule has 0 bridgehead atoms. The number of carboxylic acid groups (broad SMARTS) is 2. The zero-order chi connectivity index (χ0) is 24.2. The van der Waals surface area contributed by atoms with E-state index in [0.29, 0.717) is 22.6 Å². The summed E-state index contributed by atoms with van der Waals surface area (Å²) in [5.74, 6) is -1.94. The standard InChI is InChI=1S/C24H22O9/c1-31-22-12-17(6-11-21(22)33-15-24(29)30)3-8-19(26)13-18(25)7-2-16-4-9-20(10-5-16)32-14-23(27)28/h2-13,26H,14-15H2,1H3,(H,27,28)(H,29,30)/b7-2+,8-3+,19-13?. The topological polar surface area (TPSA) is 140 Å². The Bertz CT molecular complexity index is 1080. The predicted molar refractivity (Wildman–Crippen MR) is 119 cm³/mol. The average Bonchev–Trinajstić information content (AvgIpc) is 2.79. The minimum Gasteiger partial charge on any atom is -0.508 e. The second-order valence-electron chi connectivity index (χ2n) is 6.48. The predicted octanol–water partition coefficient (Wildman–Crippen LogP) is 3.36. The summed E-state index contributed by atoms with van der Waals surface area (Å²) in [6, 6.07) is 11.2. The van der Waals surface area contributed by atoms with Gasteiger partial charge in [0.25, 0.3) is 0 Å². The molecule has 2 rings (SSSR count). The smallest absolute Gasteiger partial charge is 0.341 e. The summed E-state index contributed by atoms with van der Waals surface area (Å²) in [7, 11) is 1.41. The second-order valence-corrected chi connectivity index (χ2v) is 6.48. The Labute approximate surface area is 189 Å². The van der Waals surface area contributed by atoms with Crippen molar-refractivity contribution in [1.82, 2.24) is 0 Å². The largest absolute Gasteiger partial charge is 0.508 e. The first-order valence-electron chi connectivity index (χ1n) is 9.55. The Kier molecular flexibility index (Phi) is 9.26. The van der Waals surface area contributed by atoms with E-state index in [1.165, 1.54) is 31.4 Å². The lowest BCUT2D eigenvalue weighted by Crippen LogP contribution is -2.10. The number of benzene rings is 2. The van der Waals surface area contributed by atoms with Crippen LogP contribution in [0.5, 0.6) is 17.2 Å². The van der Waals surface area contributed by atoms with Crippen LogP contribution in [0.1, 0.15) is 11.1 Å². The van der Waals surface area contributed by atoms with Gasteiger partial charge in [0.2, 0.25) is 0 Å². The fraction of sp³-hybridized carbons (Fsp3) is 0.125. The van der Waals surface area contributed by atoms with Crippen molar-refractivity contribution in [3.8, 4) is 17.2 Å². The van der Waals surface area contributed by atoms with Crippen molar-refractivity contribution in [2.45, 2.75) is 0 Å². The summed E-state index contributed by atoms with van der Waals surface area (Å²) in [4.78, 5) is 33.1. The minimum absolute atomic E-state index is 0.263. The summed E-state index contributed by atoms with van der Waals surface area (Å²) in [5.41, 5.74) is 1.31. The number of methoxy groups -OCH3 is 1. The van der Waals surface area contributed by atoms with Crippen molar-refractivity contribution < 1.29 is 43.9 Å². The third-order valence-corrected chi connectivity index (χ3v) is 3.96. The van der Waals surface area contributed by atoms with E-state index < -0.39 is 30.9 Å². The molecule has 0 amide bonds. The third-order valence-electron chi connectivity index (χ3n) is 3.96. The van der Waals surface area contributed by atoms with E-state index >= 15 is 0 Å². The number of rotatable bonds is 12. The van der Waals surface area contributed by atoms with Crippen molar-refractivity contribution in [1.29, 1.82) is 0 Å². The number of allylic oxidation sites excluding steroid dienone is 3. The normalized spacial score (nSPS) is 11.5. The van der Waals surface area contributed by atoms with Gasteiger partial charge in [0.05, 0.1) is 7.11 Å². The van der Waals surface area contributed by atoms with Gasteiger partial charge in [0.1, 0.15) is 11.5 Å². The highest BCUT2D eigenvalue weighted by atomic mass is 16.5. The van der Waals surface area contributed by atoms with E-state index in [1.54, 1.807) is 42.5 Å². The van der Waals surface area contributed by atoms with Crippen molar-refractivity contribution in [3.63, 3.8) is 0 Å². The number of aliphatic hydroxyl groups excluding tert-OH is 1. The lowest BCUT2D eigenvalue weighted by atomic mass is 10.1. The molecule has 172 valence electrons. The highest BCUT2D eigenvalue weighted by Crippen LogP contribution is 2.28. The monoisotopic (exact) mass is 454 g/mol. The fourth-order valence-corrected chi connectivity index (χ4v) is 2.47. The van der Waals surface area contributed by atoms with Crippen LogP contribution in [-0.4, -0.2) is 53.4 Å². The van der Waals surface area contributed by atoms with Gasteiger partial charge < -0.3 is 29.5 Å². The maximum absolute atomic E-state index is 12.0. The summed E-state index contributed by atoms with van der Waals surface area (Å²) < 4.78 is 15.3. The van der Waals surface area contributed by atoms with Crippen LogP contribution >= 0.6 is 0 Å². The van der Waals surface area contributed by atoms with Crippen LogP contribution in [0.3, 0.4) is 0 Å². The van der Waals surface area contributed by atoms with Gasteiger partial charge in [-0.1, -0.05) is 30.4 Å². The number of aliphatic carboxylic acids is 2. The van der Waals surface area contributed by atoms with Crippen molar-refractivity contribution >= 4 is 29.9 Å². The summed E-state index contributed by atoms with van der Waals surface area (Å²) in [6.45, 7) is -0.950. The van der Waals surface area contributed by atoms with E-state index in [9.17, 15) is 19.5 Å². The number of carbonyl (C=O) groups is 3. The molecular formula is C24H22O9. The Hall–Kier alpha value is -4.53. The fourth-order valence-electron chi connectivity index (χ4n) is 2.47. The number of carbonyl (C=O) groups excluding carboxylic acids is 1. The van der Waals surface area contributed by atoms with Crippen LogP contribution in [-0.2, 0) is 14.4 Å². The first kappa shape index (κ1) is 24.7. The van der Waals surface area contributed by atoms with Gasteiger partial charge in [-0.2, -0.15) is 0 Å². The molecule has 0 aromatic heterocycles. The minimum atomic E-state index is -1.11. The Morgan fingerprint density at radius 1 is 0.788 bits per heavy atom. The van der Waals surface area contributed by atoms with E-state index in [-0.39, 0.29) is 11.5 Å². The number of ether oxygens (including phenoxy) is 3. The molecule has 0 aliphatic carbocycles. The Balaban J connectivity index is 1.97. The molecule has 0 unspecified atom stereocenters. The molecule has 33 heavy (non-hydrogen) atoms. The van der Waals surface area contributed by atoms with Crippen LogP contribution in [0.15, 0.2) is 66.5 Å². The zero-order valence-corrected chi connectivity index (χ0v) is 17.6. The molecule has 0 saturated heterocycles. The van der Waals surface area contributed by atoms with Crippen LogP contribution in [0, 0.1) is 0 Å².